The van der Waals surface area contributed by atoms with Crippen LogP contribution < -0.4 is 10.6 Å². The lowest BCUT2D eigenvalue weighted by Gasteiger charge is -2.10. The summed E-state index contributed by atoms with van der Waals surface area (Å²) in [5.41, 5.74) is 5.29. The van der Waals surface area contributed by atoms with Crippen LogP contribution in [0.4, 0.5) is 17.1 Å². The Morgan fingerprint density at radius 3 is 2.31 bits per heavy atom. The molecule has 1 heterocycles. The van der Waals surface area contributed by atoms with Crippen LogP contribution in [0.2, 0.25) is 0 Å². The Morgan fingerprint density at radius 1 is 0.897 bits per heavy atom. The number of hydrogen-bond donors (Lipinski definition) is 2. The minimum absolute atomic E-state index is 0.283. The number of benzene rings is 2. The first-order chi connectivity index (χ1) is 14.0. The van der Waals surface area contributed by atoms with E-state index in [2.05, 4.69) is 15.6 Å². The number of ether oxygens (including phenoxy) is 1. The number of aromatic nitrogens is 1. The standard InChI is InChI=1S/C23H23N3O3/c1-4-29-23(28)17-6-9-18(10-7-17)25-20-11-12-24-21(14-20)22(27)26-19-8-5-15(2)16(3)13-19/h5-14H,4H2,1-3H3,(H,24,25)(H,26,27). The zero-order valence-corrected chi connectivity index (χ0v) is 16.7. The van der Waals surface area contributed by atoms with E-state index in [0.717, 1.165) is 16.9 Å². The molecule has 0 radical (unpaired) electrons. The lowest BCUT2D eigenvalue weighted by atomic mass is 10.1. The van der Waals surface area contributed by atoms with Gasteiger partial charge in [-0.1, -0.05) is 6.07 Å². The normalized spacial score (nSPS) is 10.3. The second-order valence-corrected chi connectivity index (χ2v) is 6.61. The predicted octanol–water partition coefficient (Wildman–Crippen LogP) is 4.87. The van der Waals surface area contributed by atoms with Gasteiger partial charge in [0, 0.05) is 23.3 Å². The highest BCUT2D eigenvalue weighted by Crippen LogP contribution is 2.19. The van der Waals surface area contributed by atoms with Gasteiger partial charge in [0.25, 0.3) is 5.91 Å². The number of anilines is 3. The summed E-state index contributed by atoms with van der Waals surface area (Å²) < 4.78 is 4.98. The molecular formula is C23H23N3O3. The maximum atomic E-state index is 12.5. The summed E-state index contributed by atoms with van der Waals surface area (Å²) in [5, 5.41) is 6.07. The summed E-state index contributed by atoms with van der Waals surface area (Å²) in [6.07, 6.45) is 1.57. The van der Waals surface area contributed by atoms with E-state index in [1.165, 1.54) is 5.56 Å². The molecule has 1 amide bonds. The molecule has 2 N–H and O–H groups in total. The molecule has 0 saturated heterocycles. The van der Waals surface area contributed by atoms with Crippen LogP contribution in [0, 0.1) is 13.8 Å². The van der Waals surface area contributed by atoms with Crippen molar-refractivity contribution in [1.29, 1.82) is 0 Å². The summed E-state index contributed by atoms with van der Waals surface area (Å²) in [4.78, 5) is 28.4. The Kier molecular flexibility index (Phi) is 6.24. The fourth-order valence-electron chi connectivity index (χ4n) is 2.72. The largest absolute Gasteiger partial charge is 0.462 e. The van der Waals surface area contributed by atoms with Crippen molar-refractivity contribution in [1.82, 2.24) is 4.98 Å². The van der Waals surface area contributed by atoms with Gasteiger partial charge in [-0.3, -0.25) is 9.78 Å². The van der Waals surface area contributed by atoms with Gasteiger partial charge in [-0.25, -0.2) is 4.79 Å². The summed E-state index contributed by atoms with van der Waals surface area (Å²) in [6.45, 7) is 6.13. The molecule has 6 nitrogen and oxygen atoms in total. The molecule has 0 saturated carbocycles. The zero-order valence-electron chi connectivity index (χ0n) is 16.7. The lowest BCUT2D eigenvalue weighted by molar-refractivity contribution is 0.0526. The van der Waals surface area contributed by atoms with Crippen molar-refractivity contribution in [3.05, 3.63) is 83.2 Å². The third-order valence-corrected chi connectivity index (χ3v) is 4.44. The third kappa shape index (κ3) is 5.19. The van der Waals surface area contributed by atoms with Crippen LogP contribution in [-0.2, 0) is 4.74 Å². The Labute approximate surface area is 169 Å². The van der Waals surface area contributed by atoms with Crippen molar-refractivity contribution < 1.29 is 14.3 Å². The molecule has 0 unspecified atom stereocenters. The topological polar surface area (TPSA) is 80.3 Å². The molecular weight excluding hydrogens is 366 g/mol. The SMILES string of the molecule is CCOC(=O)c1ccc(Nc2ccnc(C(=O)Nc3ccc(C)c(C)c3)c2)cc1. The zero-order chi connectivity index (χ0) is 20.8. The van der Waals surface area contributed by atoms with E-state index >= 15 is 0 Å². The predicted molar refractivity (Wildman–Crippen MR) is 114 cm³/mol. The van der Waals surface area contributed by atoms with E-state index in [-0.39, 0.29) is 11.9 Å². The van der Waals surface area contributed by atoms with Gasteiger partial charge in [0.05, 0.1) is 12.2 Å². The van der Waals surface area contributed by atoms with Crippen molar-refractivity contribution in [2.24, 2.45) is 0 Å². The first-order valence-corrected chi connectivity index (χ1v) is 9.35. The number of pyridine rings is 1. The number of amides is 1. The van der Waals surface area contributed by atoms with Crippen LogP contribution in [0.1, 0.15) is 38.9 Å². The number of nitrogens with zero attached hydrogens (tertiary/aromatic N) is 1. The lowest BCUT2D eigenvalue weighted by Crippen LogP contribution is -2.14. The first kappa shape index (κ1) is 20.1. The Balaban J connectivity index is 1.69. The first-order valence-electron chi connectivity index (χ1n) is 9.35. The summed E-state index contributed by atoms with van der Waals surface area (Å²) >= 11 is 0. The van der Waals surface area contributed by atoms with Crippen LogP contribution in [0.15, 0.2) is 60.8 Å². The van der Waals surface area contributed by atoms with Gasteiger partial charge in [0.1, 0.15) is 5.69 Å². The smallest absolute Gasteiger partial charge is 0.338 e. The molecule has 0 aliphatic heterocycles. The van der Waals surface area contributed by atoms with E-state index in [1.54, 1.807) is 49.5 Å². The van der Waals surface area contributed by atoms with Crippen LogP contribution in [0.3, 0.4) is 0 Å². The van der Waals surface area contributed by atoms with Gasteiger partial charge in [0.2, 0.25) is 0 Å². The molecule has 148 valence electrons. The maximum absolute atomic E-state index is 12.5. The molecule has 1 aromatic heterocycles. The van der Waals surface area contributed by atoms with E-state index in [4.69, 9.17) is 4.74 Å². The van der Waals surface area contributed by atoms with Crippen molar-refractivity contribution in [2.45, 2.75) is 20.8 Å². The van der Waals surface area contributed by atoms with Crippen molar-refractivity contribution in [3.63, 3.8) is 0 Å². The second kappa shape index (κ2) is 9.01. The van der Waals surface area contributed by atoms with Crippen molar-refractivity contribution >= 4 is 28.9 Å². The molecule has 0 bridgehead atoms. The highest BCUT2D eigenvalue weighted by atomic mass is 16.5. The maximum Gasteiger partial charge on any atom is 0.338 e. The number of carbonyl (C=O) groups is 2. The molecule has 6 heteroatoms. The fraction of sp³-hybridized carbons (Fsp3) is 0.174. The number of carbonyl (C=O) groups excluding carboxylic acids is 2. The van der Waals surface area contributed by atoms with Gasteiger partial charge in [-0.2, -0.15) is 0 Å². The summed E-state index contributed by atoms with van der Waals surface area (Å²) in [6, 6.07) is 16.2. The number of rotatable bonds is 6. The van der Waals surface area contributed by atoms with Gasteiger partial charge in [-0.15, -0.1) is 0 Å². The summed E-state index contributed by atoms with van der Waals surface area (Å²) in [7, 11) is 0. The average Bonchev–Trinajstić information content (AvgIpc) is 2.72. The molecule has 29 heavy (non-hydrogen) atoms. The summed E-state index contributed by atoms with van der Waals surface area (Å²) in [5.74, 6) is -0.636. The van der Waals surface area contributed by atoms with Crippen LogP contribution in [-0.4, -0.2) is 23.5 Å². The average molecular weight is 389 g/mol. The third-order valence-electron chi connectivity index (χ3n) is 4.44. The minimum atomic E-state index is -0.353. The van der Waals surface area contributed by atoms with Crippen molar-refractivity contribution in [2.75, 3.05) is 17.2 Å². The molecule has 0 fully saturated rings. The van der Waals surface area contributed by atoms with Crippen LogP contribution >= 0.6 is 0 Å². The second-order valence-electron chi connectivity index (χ2n) is 6.61. The molecule has 3 aromatic rings. The highest BCUT2D eigenvalue weighted by Gasteiger charge is 2.10. The number of nitrogens with one attached hydrogen (secondary N) is 2. The van der Waals surface area contributed by atoms with E-state index in [0.29, 0.717) is 23.6 Å². The minimum Gasteiger partial charge on any atom is -0.462 e. The van der Waals surface area contributed by atoms with E-state index < -0.39 is 0 Å². The number of esters is 1. The number of hydrogen-bond acceptors (Lipinski definition) is 5. The monoisotopic (exact) mass is 389 g/mol. The Hall–Kier alpha value is -3.67. The molecule has 3 rings (SSSR count). The van der Waals surface area contributed by atoms with Gasteiger partial charge < -0.3 is 15.4 Å². The van der Waals surface area contributed by atoms with Crippen LogP contribution in [0.25, 0.3) is 0 Å². The molecule has 2 aromatic carbocycles. The molecule has 0 spiro atoms. The van der Waals surface area contributed by atoms with E-state index in [9.17, 15) is 9.59 Å². The number of aryl methyl sites for hydroxylation is 2. The van der Waals surface area contributed by atoms with E-state index in [1.807, 2.05) is 32.0 Å². The highest BCUT2D eigenvalue weighted by molar-refractivity contribution is 6.03. The molecule has 0 atom stereocenters. The van der Waals surface area contributed by atoms with Crippen molar-refractivity contribution in [3.8, 4) is 0 Å². The quantitative estimate of drug-likeness (QED) is 0.588. The van der Waals surface area contributed by atoms with Crippen LogP contribution in [0.5, 0.6) is 0 Å². The Bertz CT molecular complexity index is 1030. The molecule has 0 aliphatic rings. The Morgan fingerprint density at radius 2 is 1.62 bits per heavy atom. The van der Waals surface area contributed by atoms with Gasteiger partial charge >= 0.3 is 5.97 Å². The fourth-order valence-corrected chi connectivity index (χ4v) is 2.72. The van der Waals surface area contributed by atoms with Gasteiger partial charge in [-0.05, 0) is 80.4 Å². The molecule has 0 aliphatic carbocycles. The van der Waals surface area contributed by atoms with Gasteiger partial charge in [0.15, 0.2) is 0 Å².